The number of halogens is 1. The van der Waals surface area contributed by atoms with Gasteiger partial charge in [0.25, 0.3) is 0 Å². The molecule has 3 aromatic rings. The van der Waals surface area contributed by atoms with Crippen LogP contribution >= 0.6 is 12.4 Å². The molecule has 0 aliphatic carbocycles. The smallest absolute Gasteiger partial charge is 0.119 e. The Hall–Kier alpha value is -2.29. The van der Waals surface area contributed by atoms with E-state index >= 15 is 0 Å². The monoisotopic (exact) mass is 339 g/mol. The summed E-state index contributed by atoms with van der Waals surface area (Å²) in [5, 5.41) is 0. The molecule has 0 fully saturated rings. The maximum Gasteiger partial charge on any atom is 0.119 e. The molecule has 3 aromatic carbocycles. The Morgan fingerprint density at radius 3 is 1.88 bits per heavy atom. The summed E-state index contributed by atoms with van der Waals surface area (Å²) in [5.41, 5.74) is 10.6. The largest absolute Gasteiger partial charge is 0.489 e. The second kappa shape index (κ2) is 8.53. The zero-order valence-electron chi connectivity index (χ0n) is 13.7. The first-order valence-electron chi connectivity index (χ1n) is 7.85. The van der Waals surface area contributed by atoms with Crippen LogP contribution in [-0.4, -0.2) is 0 Å². The number of hydrogen-bond acceptors (Lipinski definition) is 2. The van der Waals surface area contributed by atoms with Gasteiger partial charge in [-0.3, -0.25) is 0 Å². The molecule has 0 saturated carbocycles. The van der Waals surface area contributed by atoms with Gasteiger partial charge in [-0.05, 0) is 41.3 Å². The Morgan fingerprint density at radius 2 is 1.33 bits per heavy atom. The third kappa shape index (κ3) is 4.60. The number of benzene rings is 3. The van der Waals surface area contributed by atoms with Crippen molar-refractivity contribution in [1.29, 1.82) is 0 Å². The summed E-state index contributed by atoms with van der Waals surface area (Å²) >= 11 is 0. The van der Waals surface area contributed by atoms with E-state index < -0.39 is 0 Å². The van der Waals surface area contributed by atoms with E-state index in [9.17, 15) is 0 Å². The Kier molecular flexibility index (Phi) is 6.42. The van der Waals surface area contributed by atoms with Crippen LogP contribution in [0.2, 0.25) is 0 Å². The van der Waals surface area contributed by atoms with E-state index in [2.05, 4.69) is 48.5 Å². The van der Waals surface area contributed by atoms with E-state index in [-0.39, 0.29) is 18.4 Å². The first-order valence-corrected chi connectivity index (χ1v) is 7.85. The predicted molar refractivity (Wildman–Crippen MR) is 103 cm³/mol. The van der Waals surface area contributed by atoms with Crippen molar-refractivity contribution in [2.45, 2.75) is 19.6 Å². The van der Waals surface area contributed by atoms with E-state index in [1.165, 1.54) is 16.7 Å². The highest BCUT2D eigenvalue weighted by molar-refractivity contribution is 5.85. The number of hydrogen-bond donors (Lipinski definition) is 1. The molecule has 0 unspecified atom stereocenters. The SMILES string of the molecule is C[C@H](N)c1ccc(-c2ccc(OCc3ccccc3)cc2)cc1.Cl. The molecule has 0 saturated heterocycles. The molecule has 3 rings (SSSR count). The number of nitrogens with two attached hydrogens (primary N) is 1. The van der Waals surface area contributed by atoms with Gasteiger partial charge < -0.3 is 10.5 Å². The maximum absolute atomic E-state index is 5.89. The Bertz CT molecular complexity index is 737. The molecule has 0 aliphatic rings. The van der Waals surface area contributed by atoms with Gasteiger partial charge in [0.05, 0.1) is 0 Å². The van der Waals surface area contributed by atoms with Crippen LogP contribution in [0, 0.1) is 0 Å². The van der Waals surface area contributed by atoms with Crippen LogP contribution in [0.3, 0.4) is 0 Å². The third-order valence-corrected chi connectivity index (χ3v) is 3.87. The quantitative estimate of drug-likeness (QED) is 0.677. The van der Waals surface area contributed by atoms with Crippen LogP contribution in [0.4, 0.5) is 0 Å². The summed E-state index contributed by atoms with van der Waals surface area (Å²) in [5.74, 6) is 0.879. The highest BCUT2D eigenvalue weighted by Gasteiger charge is 2.02. The summed E-state index contributed by atoms with van der Waals surface area (Å²) in [7, 11) is 0. The second-order valence-electron chi connectivity index (χ2n) is 5.71. The minimum Gasteiger partial charge on any atom is -0.489 e. The topological polar surface area (TPSA) is 35.2 Å². The van der Waals surface area contributed by atoms with Crippen LogP contribution < -0.4 is 10.5 Å². The second-order valence-corrected chi connectivity index (χ2v) is 5.71. The summed E-state index contributed by atoms with van der Waals surface area (Å²) in [4.78, 5) is 0. The Labute approximate surface area is 149 Å². The first-order chi connectivity index (χ1) is 11.2. The van der Waals surface area contributed by atoms with Gasteiger partial charge in [0.15, 0.2) is 0 Å². The normalized spacial score (nSPS) is 11.4. The lowest BCUT2D eigenvalue weighted by molar-refractivity contribution is 0.306. The van der Waals surface area contributed by atoms with E-state index in [0.29, 0.717) is 6.61 Å². The van der Waals surface area contributed by atoms with Crippen molar-refractivity contribution in [3.05, 3.63) is 90.0 Å². The van der Waals surface area contributed by atoms with Gasteiger partial charge in [-0.25, -0.2) is 0 Å². The summed E-state index contributed by atoms with van der Waals surface area (Å²) in [6, 6.07) is 26.8. The molecule has 0 heterocycles. The van der Waals surface area contributed by atoms with Crippen molar-refractivity contribution in [1.82, 2.24) is 0 Å². The fourth-order valence-corrected chi connectivity index (χ4v) is 2.46. The summed E-state index contributed by atoms with van der Waals surface area (Å²) in [6.45, 7) is 2.58. The fourth-order valence-electron chi connectivity index (χ4n) is 2.46. The van der Waals surface area contributed by atoms with Crippen molar-refractivity contribution >= 4 is 12.4 Å². The van der Waals surface area contributed by atoms with Gasteiger partial charge in [0.1, 0.15) is 12.4 Å². The molecular weight excluding hydrogens is 318 g/mol. The van der Waals surface area contributed by atoms with Crippen molar-refractivity contribution in [2.24, 2.45) is 5.73 Å². The van der Waals surface area contributed by atoms with E-state index in [1.807, 2.05) is 37.3 Å². The van der Waals surface area contributed by atoms with Gasteiger partial charge in [0.2, 0.25) is 0 Å². The fraction of sp³-hybridized carbons (Fsp3) is 0.143. The highest BCUT2D eigenvalue weighted by Crippen LogP contribution is 2.24. The molecule has 0 bridgehead atoms. The van der Waals surface area contributed by atoms with Gasteiger partial charge in [-0.15, -0.1) is 12.4 Å². The lowest BCUT2D eigenvalue weighted by atomic mass is 10.0. The van der Waals surface area contributed by atoms with Crippen molar-refractivity contribution in [2.75, 3.05) is 0 Å². The first kappa shape index (κ1) is 18.1. The van der Waals surface area contributed by atoms with Crippen LogP contribution in [0.1, 0.15) is 24.1 Å². The molecule has 0 spiro atoms. The molecule has 0 aromatic heterocycles. The molecular formula is C21H22ClNO. The minimum absolute atomic E-state index is 0. The van der Waals surface area contributed by atoms with Gasteiger partial charge in [-0.1, -0.05) is 66.7 Å². The van der Waals surface area contributed by atoms with Crippen molar-refractivity contribution in [3.8, 4) is 16.9 Å². The Morgan fingerprint density at radius 1 is 0.792 bits per heavy atom. The number of rotatable bonds is 5. The Balaban J connectivity index is 0.00000208. The minimum atomic E-state index is 0. The van der Waals surface area contributed by atoms with Gasteiger partial charge in [0, 0.05) is 6.04 Å². The molecule has 24 heavy (non-hydrogen) atoms. The van der Waals surface area contributed by atoms with Crippen LogP contribution in [0.5, 0.6) is 5.75 Å². The van der Waals surface area contributed by atoms with E-state index in [0.717, 1.165) is 11.3 Å². The molecule has 0 aliphatic heterocycles. The molecule has 0 radical (unpaired) electrons. The lowest BCUT2D eigenvalue weighted by Crippen LogP contribution is -2.04. The van der Waals surface area contributed by atoms with Crippen LogP contribution in [0.15, 0.2) is 78.9 Å². The summed E-state index contributed by atoms with van der Waals surface area (Å²) in [6.07, 6.45) is 0. The molecule has 0 amide bonds. The highest BCUT2D eigenvalue weighted by atomic mass is 35.5. The predicted octanol–water partition coefficient (Wildman–Crippen LogP) is 5.37. The summed E-state index contributed by atoms with van der Waals surface area (Å²) < 4.78 is 5.82. The molecule has 2 N–H and O–H groups in total. The average Bonchev–Trinajstić information content (AvgIpc) is 2.61. The van der Waals surface area contributed by atoms with Crippen molar-refractivity contribution in [3.63, 3.8) is 0 Å². The van der Waals surface area contributed by atoms with Crippen LogP contribution in [0.25, 0.3) is 11.1 Å². The number of ether oxygens (including phenoxy) is 1. The van der Waals surface area contributed by atoms with Crippen molar-refractivity contribution < 1.29 is 4.74 Å². The maximum atomic E-state index is 5.89. The standard InChI is InChI=1S/C21H21NO.ClH/c1-16(22)18-7-9-19(10-8-18)20-11-13-21(14-12-20)23-15-17-5-3-2-4-6-17;/h2-14,16H,15,22H2,1H3;1H/t16-;/m0./s1. The van der Waals surface area contributed by atoms with E-state index in [1.54, 1.807) is 0 Å². The van der Waals surface area contributed by atoms with E-state index in [4.69, 9.17) is 10.5 Å². The third-order valence-electron chi connectivity index (χ3n) is 3.87. The molecule has 3 heteroatoms. The molecule has 2 nitrogen and oxygen atoms in total. The van der Waals surface area contributed by atoms with Gasteiger partial charge in [-0.2, -0.15) is 0 Å². The molecule has 124 valence electrons. The average molecular weight is 340 g/mol. The zero-order valence-corrected chi connectivity index (χ0v) is 14.5. The lowest BCUT2D eigenvalue weighted by Gasteiger charge is -2.09. The molecule has 1 atom stereocenters. The van der Waals surface area contributed by atoms with Gasteiger partial charge >= 0.3 is 0 Å². The van der Waals surface area contributed by atoms with Crippen LogP contribution in [-0.2, 0) is 6.61 Å². The zero-order chi connectivity index (χ0) is 16.1.